The molecule has 0 saturated carbocycles. The van der Waals surface area contributed by atoms with Gasteiger partial charge in [0.05, 0.1) is 35.5 Å². The molecule has 2 aromatic carbocycles. The van der Waals surface area contributed by atoms with Gasteiger partial charge in [-0.05, 0) is 43.9 Å². The lowest BCUT2D eigenvalue weighted by molar-refractivity contribution is -0.152. The van der Waals surface area contributed by atoms with Gasteiger partial charge in [-0.1, -0.05) is 12.6 Å². The fourth-order valence-electron chi connectivity index (χ4n) is 4.32. The minimum atomic E-state index is -4.06. The molecule has 0 fully saturated rings. The second kappa shape index (κ2) is 13.0. The molecule has 44 heavy (non-hydrogen) atoms. The summed E-state index contributed by atoms with van der Waals surface area (Å²) in [6, 6.07) is 9.78. The maximum atomic E-state index is 13.5. The normalized spacial score (nSPS) is 13.6. The summed E-state index contributed by atoms with van der Waals surface area (Å²) in [6.07, 6.45) is 4.77. The number of hydrogen-bond acceptors (Lipinski definition) is 12. The van der Waals surface area contributed by atoms with Crippen molar-refractivity contribution in [2.45, 2.75) is 0 Å². The minimum absolute atomic E-state index is 0.0925. The van der Waals surface area contributed by atoms with Crippen molar-refractivity contribution < 1.29 is 27.5 Å². The zero-order valence-corrected chi connectivity index (χ0v) is 25.8. The molecule has 0 amide bonds. The minimum Gasteiger partial charge on any atom is -0.494 e. The van der Waals surface area contributed by atoms with Crippen molar-refractivity contribution in [1.29, 1.82) is 0 Å². The topological polar surface area (TPSA) is 164 Å². The Kier molecular flexibility index (Phi) is 9.40. The molecule has 2 heterocycles. The molecule has 4 rings (SSSR count). The van der Waals surface area contributed by atoms with Gasteiger partial charge >= 0.3 is 22.1 Å². The van der Waals surface area contributed by atoms with Gasteiger partial charge in [0.1, 0.15) is 5.75 Å². The van der Waals surface area contributed by atoms with Crippen LogP contribution in [0.5, 0.6) is 5.75 Å². The Morgan fingerprint density at radius 3 is 2.52 bits per heavy atom. The Bertz CT molecular complexity index is 1730. The van der Waals surface area contributed by atoms with Crippen LogP contribution in [0.15, 0.2) is 61.3 Å². The summed E-state index contributed by atoms with van der Waals surface area (Å²) in [6.45, 7) is 4.82. The van der Waals surface area contributed by atoms with Gasteiger partial charge in [0, 0.05) is 57.7 Å². The third kappa shape index (κ3) is 6.74. The number of carbonyl (C=O) groups is 2. The van der Waals surface area contributed by atoms with Gasteiger partial charge in [-0.3, -0.25) is 4.31 Å². The molecule has 14 nitrogen and oxygen atoms in total. The lowest BCUT2D eigenvalue weighted by atomic mass is 10.1. The van der Waals surface area contributed by atoms with Crippen LogP contribution in [0.2, 0.25) is 0 Å². The number of esters is 2. The van der Waals surface area contributed by atoms with E-state index in [4.69, 9.17) is 10.5 Å². The molecule has 1 aliphatic rings. The highest BCUT2D eigenvalue weighted by Crippen LogP contribution is 2.45. The summed E-state index contributed by atoms with van der Waals surface area (Å²) in [4.78, 5) is 35.9. The molecule has 15 heteroatoms. The van der Waals surface area contributed by atoms with Gasteiger partial charge in [-0.25, -0.2) is 18.9 Å². The van der Waals surface area contributed by atoms with E-state index in [-0.39, 0.29) is 11.8 Å². The fraction of sp³-hybridized carbons (Fsp3) is 0.241. The number of nitrogens with two attached hydrogens (primary N) is 1. The molecule has 0 bridgehead atoms. The van der Waals surface area contributed by atoms with Crippen molar-refractivity contribution in [2.75, 3.05) is 73.0 Å². The van der Waals surface area contributed by atoms with Crippen molar-refractivity contribution >= 4 is 68.4 Å². The van der Waals surface area contributed by atoms with Crippen LogP contribution < -0.4 is 29.3 Å². The first kappa shape index (κ1) is 31.8. The standard InChI is InChI=1S/C29H34N8O6S/c1-7-27(38)43-28(39)11-9-19-8-10-22-24(16-19)36(5)44(40,41)37(22)26-12-13-31-29(33-26)32-21-17-20(30)23(18-25(21)42-6)35(4)15-14-34(2)3/h7-13,16-18H,1,14-15,30H2,2-6H3,(H,31,32,33)/b11-9-. The van der Waals surface area contributed by atoms with Crippen LogP contribution in [0.4, 0.5) is 40.2 Å². The maximum Gasteiger partial charge on any atom is 0.338 e. The first-order valence-corrected chi connectivity index (χ1v) is 14.7. The average molecular weight is 623 g/mol. The Labute approximate surface area is 256 Å². The largest absolute Gasteiger partial charge is 0.494 e. The smallest absolute Gasteiger partial charge is 0.338 e. The molecule has 3 aromatic rings. The Morgan fingerprint density at radius 2 is 1.84 bits per heavy atom. The van der Waals surface area contributed by atoms with E-state index in [9.17, 15) is 18.0 Å². The highest BCUT2D eigenvalue weighted by molar-refractivity contribution is 7.95. The number of carbonyl (C=O) groups excluding carboxylic acids is 2. The SMILES string of the molecule is C=CC(=O)OC(=O)/C=C\c1ccc2c(c1)N(C)S(=O)(=O)N2c1ccnc(Nc2cc(N)c(N(C)CCN(C)C)cc2OC)n1. The molecule has 0 spiro atoms. The number of nitrogens with one attached hydrogen (secondary N) is 1. The summed E-state index contributed by atoms with van der Waals surface area (Å²) in [7, 11) is 4.82. The lowest BCUT2D eigenvalue weighted by Gasteiger charge is -2.24. The van der Waals surface area contributed by atoms with Crippen LogP contribution in [-0.2, 0) is 24.5 Å². The molecule has 232 valence electrons. The molecular formula is C29H34N8O6S. The first-order valence-electron chi connectivity index (χ1n) is 13.3. The number of ether oxygens (including phenoxy) is 2. The highest BCUT2D eigenvalue weighted by atomic mass is 32.2. The molecule has 1 aromatic heterocycles. The molecule has 3 N–H and O–H groups in total. The van der Waals surface area contributed by atoms with Gasteiger partial charge in [-0.15, -0.1) is 0 Å². The van der Waals surface area contributed by atoms with Gasteiger partial charge in [0.15, 0.2) is 5.82 Å². The molecule has 0 radical (unpaired) electrons. The highest BCUT2D eigenvalue weighted by Gasteiger charge is 2.40. The second-order valence-corrected chi connectivity index (χ2v) is 11.8. The molecule has 0 saturated heterocycles. The van der Waals surface area contributed by atoms with Crippen molar-refractivity contribution in [2.24, 2.45) is 0 Å². The Morgan fingerprint density at radius 1 is 1.09 bits per heavy atom. The number of nitrogen functional groups attached to an aromatic ring is 1. The zero-order valence-electron chi connectivity index (χ0n) is 25.0. The van der Waals surface area contributed by atoms with Crippen LogP contribution in [0.3, 0.4) is 0 Å². The Balaban J connectivity index is 1.62. The fourth-order valence-corrected chi connectivity index (χ4v) is 5.70. The summed E-state index contributed by atoms with van der Waals surface area (Å²) in [5.41, 5.74) is 9.37. The molecule has 0 unspecified atom stereocenters. The number of fused-ring (bicyclic) bond motifs is 1. The number of likely N-dealkylation sites (N-methyl/N-ethyl adjacent to an activating group) is 2. The van der Waals surface area contributed by atoms with Crippen LogP contribution in [0.1, 0.15) is 5.56 Å². The second-order valence-electron chi connectivity index (χ2n) is 9.97. The van der Waals surface area contributed by atoms with Crippen LogP contribution >= 0.6 is 0 Å². The predicted molar refractivity (Wildman–Crippen MR) is 171 cm³/mol. The van der Waals surface area contributed by atoms with E-state index in [1.807, 2.05) is 32.1 Å². The third-order valence-corrected chi connectivity index (χ3v) is 8.39. The molecular weight excluding hydrogens is 588 g/mol. The van der Waals surface area contributed by atoms with Gasteiger partial charge < -0.3 is 30.3 Å². The number of anilines is 7. The van der Waals surface area contributed by atoms with E-state index in [0.29, 0.717) is 34.1 Å². The van der Waals surface area contributed by atoms with Crippen molar-refractivity contribution in [1.82, 2.24) is 14.9 Å². The number of methoxy groups -OCH3 is 1. The van der Waals surface area contributed by atoms with E-state index in [1.165, 1.54) is 32.5 Å². The summed E-state index contributed by atoms with van der Waals surface area (Å²) in [5.74, 6) is -1.06. The van der Waals surface area contributed by atoms with Gasteiger partial charge in [-0.2, -0.15) is 13.4 Å². The van der Waals surface area contributed by atoms with Crippen LogP contribution in [0, 0.1) is 0 Å². The number of rotatable bonds is 11. The van der Waals surface area contributed by atoms with Crippen molar-refractivity contribution in [3.05, 3.63) is 66.9 Å². The van der Waals surface area contributed by atoms with Crippen molar-refractivity contribution in [3.8, 4) is 5.75 Å². The number of nitrogens with zero attached hydrogens (tertiary/aromatic N) is 6. The van der Waals surface area contributed by atoms with E-state index in [2.05, 4.69) is 31.5 Å². The molecule has 0 aliphatic carbocycles. The number of hydrogen-bond donors (Lipinski definition) is 2. The summed E-state index contributed by atoms with van der Waals surface area (Å²) < 4.78 is 39.3. The average Bonchev–Trinajstić information content (AvgIpc) is 3.18. The number of aromatic nitrogens is 2. The van der Waals surface area contributed by atoms with Gasteiger partial charge in [0.2, 0.25) is 5.95 Å². The number of benzene rings is 2. The van der Waals surface area contributed by atoms with E-state index in [1.54, 1.807) is 24.3 Å². The third-order valence-electron chi connectivity index (χ3n) is 6.65. The lowest BCUT2D eigenvalue weighted by Crippen LogP contribution is -2.33. The summed E-state index contributed by atoms with van der Waals surface area (Å²) in [5, 5.41) is 3.09. The van der Waals surface area contributed by atoms with Crippen LogP contribution in [-0.4, -0.2) is 83.6 Å². The van der Waals surface area contributed by atoms with Gasteiger partial charge in [0.25, 0.3) is 0 Å². The van der Waals surface area contributed by atoms with Crippen molar-refractivity contribution in [3.63, 3.8) is 0 Å². The zero-order chi connectivity index (χ0) is 32.2. The monoisotopic (exact) mass is 622 g/mol. The summed E-state index contributed by atoms with van der Waals surface area (Å²) >= 11 is 0. The predicted octanol–water partition coefficient (Wildman–Crippen LogP) is 2.91. The van der Waals surface area contributed by atoms with E-state index in [0.717, 1.165) is 39.5 Å². The maximum absolute atomic E-state index is 13.5. The quantitative estimate of drug-likeness (QED) is 0.139. The Hall–Kier alpha value is -5.15. The first-order chi connectivity index (χ1) is 20.8. The molecule has 0 atom stereocenters. The van der Waals surface area contributed by atoms with E-state index < -0.39 is 22.1 Å². The van der Waals surface area contributed by atoms with E-state index >= 15 is 0 Å². The molecule has 1 aliphatic heterocycles. The van der Waals surface area contributed by atoms with Crippen LogP contribution in [0.25, 0.3) is 6.08 Å².